The Hall–Kier alpha value is -0.570. The Morgan fingerprint density at radius 1 is 1.12 bits per heavy atom. The number of aliphatic hydroxyl groups is 1. The first kappa shape index (κ1) is 10.6. The fourth-order valence-electron chi connectivity index (χ4n) is 2.93. The Balaban J connectivity index is 1.99. The van der Waals surface area contributed by atoms with Gasteiger partial charge in [0.2, 0.25) is 0 Å². The highest BCUT2D eigenvalue weighted by Crippen LogP contribution is 2.60. The van der Waals surface area contributed by atoms with E-state index in [1.54, 1.807) is 0 Å². The van der Waals surface area contributed by atoms with Crippen LogP contribution in [0, 0.1) is 5.41 Å². The minimum atomic E-state index is -0.650. The standard InChI is InChI=1S/C13H16ClNO/c14-11-3-1-10(2-4-11)13(16)7-8-15-9-12(13)5-6-12/h1-4,15-16H,5-9H2/t13-/m1/s1. The molecule has 1 saturated heterocycles. The summed E-state index contributed by atoms with van der Waals surface area (Å²) in [4.78, 5) is 0. The predicted octanol–water partition coefficient (Wildman–Crippen LogP) is 2.30. The highest BCUT2D eigenvalue weighted by Gasteiger charge is 2.60. The van der Waals surface area contributed by atoms with E-state index >= 15 is 0 Å². The molecular formula is C13H16ClNO. The molecule has 0 bridgehead atoms. The topological polar surface area (TPSA) is 32.3 Å². The second kappa shape index (κ2) is 3.46. The maximum atomic E-state index is 10.9. The number of benzene rings is 1. The van der Waals surface area contributed by atoms with E-state index in [2.05, 4.69) is 5.32 Å². The van der Waals surface area contributed by atoms with Gasteiger partial charge in [-0.25, -0.2) is 0 Å². The zero-order valence-electron chi connectivity index (χ0n) is 9.17. The molecular weight excluding hydrogens is 222 g/mol. The van der Waals surface area contributed by atoms with Crippen molar-refractivity contribution in [1.29, 1.82) is 0 Å². The smallest absolute Gasteiger partial charge is 0.0976 e. The van der Waals surface area contributed by atoms with Crippen molar-refractivity contribution < 1.29 is 5.11 Å². The molecule has 0 aromatic heterocycles. The molecule has 3 heteroatoms. The van der Waals surface area contributed by atoms with Gasteiger partial charge in [0.15, 0.2) is 0 Å². The molecule has 1 atom stereocenters. The quantitative estimate of drug-likeness (QED) is 0.786. The maximum absolute atomic E-state index is 10.9. The number of nitrogens with one attached hydrogen (secondary N) is 1. The van der Waals surface area contributed by atoms with Crippen molar-refractivity contribution in [3.8, 4) is 0 Å². The number of hydrogen-bond donors (Lipinski definition) is 2. The zero-order chi connectivity index (χ0) is 11.2. The molecule has 1 saturated carbocycles. The molecule has 3 rings (SSSR count). The van der Waals surface area contributed by atoms with Crippen molar-refractivity contribution in [2.45, 2.75) is 24.9 Å². The van der Waals surface area contributed by atoms with Gasteiger partial charge >= 0.3 is 0 Å². The van der Waals surface area contributed by atoms with E-state index in [4.69, 9.17) is 11.6 Å². The fraction of sp³-hybridized carbons (Fsp3) is 0.538. The number of hydrogen-bond acceptors (Lipinski definition) is 2. The van der Waals surface area contributed by atoms with Gasteiger partial charge < -0.3 is 10.4 Å². The van der Waals surface area contributed by atoms with E-state index < -0.39 is 5.60 Å². The Morgan fingerprint density at radius 2 is 1.81 bits per heavy atom. The van der Waals surface area contributed by atoms with Gasteiger partial charge in [-0.3, -0.25) is 0 Å². The number of rotatable bonds is 1. The molecule has 2 aliphatic rings. The molecule has 0 unspecified atom stereocenters. The van der Waals surface area contributed by atoms with Crippen molar-refractivity contribution in [3.05, 3.63) is 34.9 Å². The van der Waals surface area contributed by atoms with Crippen molar-refractivity contribution in [1.82, 2.24) is 5.32 Å². The van der Waals surface area contributed by atoms with E-state index in [1.807, 2.05) is 24.3 Å². The van der Waals surface area contributed by atoms with Crippen LogP contribution in [0.15, 0.2) is 24.3 Å². The largest absolute Gasteiger partial charge is 0.384 e. The Kier molecular flexibility index (Phi) is 2.29. The van der Waals surface area contributed by atoms with Gasteiger partial charge in [-0.05, 0) is 43.5 Å². The lowest BCUT2D eigenvalue weighted by molar-refractivity contribution is -0.0612. The lowest BCUT2D eigenvalue weighted by atomic mass is 9.74. The summed E-state index contributed by atoms with van der Waals surface area (Å²) in [5.41, 5.74) is 0.456. The molecule has 1 aromatic carbocycles. The van der Waals surface area contributed by atoms with Crippen LogP contribution in [0.2, 0.25) is 5.02 Å². The third-order valence-electron chi connectivity index (χ3n) is 4.18. The Bertz CT molecular complexity index is 399. The molecule has 16 heavy (non-hydrogen) atoms. The van der Waals surface area contributed by atoms with Gasteiger partial charge in [0.1, 0.15) is 0 Å². The minimum absolute atomic E-state index is 0.0824. The Labute approximate surface area is 101 Å². The van der Waals surface area contributed by atoms with Gasteiger partial charge in [-0.1, -0.05) is 23.7 Å². The summed E-state index contributed by atoms with van der Waals surface area (Å²) in [5.74, 6) is 0. The third-order valence-corrected chi connectivity index (χ3v) is 4.43. The van der Waals surface area contributed by atoms with E-state index in [9.17, 15) is 5.11 Å². The van der Waals surface area contributed by atoms with Crippen LogP contribution >= 0.6 is 11.6 Å². The molecule has 2 N–H and O–H groups in total. The summed E-state index contributed by atoms with van der Waals surface area (Å²) >= 11 is 5.89. The second-order valence-electron chi connectivity index (χ2n) is 5.07. The molecule has 0 amide bonds. The predicted molar refractivity (Wildman–Crippen MR) is 64.5 cm³/mol. The zero-order valence-corrected chi connectivity index (χ0v) is 9.93. The van der Waals surface area contributed by atoms with Gasteiger partial charge in [-0.2, -0.15) is 0 Å². The molecule has 2 nitrogen and oxygen atoms in total. The monoisotopic (exact) mass is 237 g/mol. The summed E-state index contributed by atoms with van der Waals surface area (Å²) in [6, 6.07) is 7.67. The molecule has 1 spiro atoms. The molecule has 0 radical (unpaired) electrons. The number of piperidine rings is 1. The van der Waals surface area contributed by atoms with Crippen LogP contribution in [0.3, 0.4) is 0 Å². The van der Waals surface area contributed by atoms with Gasteiger partial charge in [0.25, 0.3) is 0 Å². The highest BCUT2D eigenvalue weighted by atomic mass is 35.5. The van der Waals surface area contributed by atoms with Crippen LogP contribution in [-0.4, -0.2) is 18.2 Å². The van der Waals surface area contributed by atoms with Crippen molar-refractivity contribution in [2.24, 2.45) is 5.41 Å². The molecule has 2 fully saturated rings. The lowest BCUT2D eigenvalue weighted by Gasteiger charge is -2.41. The molecule has 1 aliphatic carbocycles. The van der Waals surface area contributed by atoms with Crippen LogP contribution in [0.4, 0.5) is 0 Å². The average molecular weight is 238 g/mol. The molecule has 1 heterocycles. The third kappa shape index (κ3) is 1.41. The Morgan fingerprint density at radius 3 is 2.44 bits per heavy atom. The summed E-state index contributed by atoms with van der Waals surface area (Å²) in [6.07, 6.45) is 3.05. The van der Waals surface area contributed by atoms with Crippen LogP contribution in [0.1, 0.15) is 24.8 Å². The summed E-state index contributed by atoms with van der Waals surface area (Å²) < 4.78 is 0. The lowest BCUT2D eigenvalue weighted by Crippen LogP contribution is -2.49. The second-order valence-corrected chi connectivity index (χ2v) is 5.51. The first-order chi connectivity index (χ1) is 7.66. The van der Waals surface area contributed by atoms with Crippen molar-refractivity contribution in [3.63, 3.8) is 0 Å². The van der Waals surface area contributed by atoms with Gasteiger partial charge in [0.05, 0.1) is 5.60 Å². The van der Waals surface area contributed by atoms with Crippen molar-refractivity contribution in [2.75, 3.05) is 13.1 Å². The molecule has 1 aromatic rings. The van der Waals surface area contributed by atoms with E-state index in [1.165, 1.54) is 0 Å². The van der Waals surface area contributed by atoms with Crippen LogP contribution in [0.25, 0.3) is 0 Å². The van der Waals surface area contributed by atoms with E-state index in [0.717, 1.165) is 42.9 Å². The minimum Gasteiger partial charge on any atom is -0.384 e. The highest BCUT2D eigenvalue weighted by molar-refractivity contribution is 6.30. The van der Waals surface area contributed by atoms with E-state index in [-0.39, 0.29) is 5.41 Å². The van der Waals surface area contributed by atoms with Gasteiger partial charge in [0, 0.05) is 17.0 Å². The average Bonchev–Trinajstić information content (AvgIpc) is 3.05. The summed E-state index contributed by atoms with van der Waals surface area (Å²) in [7, 11) is 0. The van der Waals surface area contributed by atoms with Crippen LogP contribution < -0.4 is 5.32 Å². The first-order valence-electron chi connectivity index (χ1n) is 5.86. The molecule has 86 valence electrons. The SMILES string of the molecule is O[C@@]1(c2ccc(Cl)cc2)CCNCC12CC2. The normalized spacial score (nSPS) is 31.6. The van der Waals surface area contributed by atoms with Crippen LogP contribution in [-0.2, 0) is 5.60 Å². The maximum Gasteiger partial charge on any atom is 0.0976 e. The van der Waals surface area contributed by atoms with E-state index in [0.29, 0.717) is 0 Å². The summed E-state index contributed by atoms with van der Waals surface area (Å²) in [5, 5.41) is 15.1. The first-order valence-corrected chi connectivity index (χ1v) is 6.23. The van der Waals surface area contributed by atoms with Crippen LogP contribution in [0.5, 0.6) is 0 Å². The summed E-state index contributed by atoms with van der Waals surface area (Å²) in [6.45, 7) is 1.83. The molecule has 1 aliphatic heterocycles. The number of halogens is 1. The van der Waals surface area contributed by atoms with Gasteiger partial charge in [-0.15, -0.1) is 0 Å². The fourth-order valence-corrected chi connectivity index (χ4v) is 3.05. The van der Waals surface area contributed by atoms with Crippen molar-refractivity contribution >= 4 is 11.6 Å².